The summed E-state index contributed by atoms with van der Waals surface area (Å²) < 4.78 is 5.67. The monoisotopic (exact) mass is 209 g/mol. The molecule has 1 amide bonds. The molecule has 1 aliphatic carbocycles. The van der Waals surface area contributed by atoms with Crippen molar-refractivity contribution < 1.29 is 9.53 Å². The Bertz CT molecular complexity index is 314. The molecule has 5 atom stereocenters. The van der Waals surface area contributed by atoms with Crippen molar-refractivity contribution in [3.05, 3.63) is 0 Å². The van der Waals surface area contributed by atoms with Gasteiger partial charge in [0.15, 0.2) is 0 Å². The van der Waals surface area contributed by atoms with E-state index in [-0.39, 0.29) is 17.0 Å². The van der Waals surface area contributed by atoms with Gasteiger partial charge < -0.3 is 10.1 Å². The molecule has 3 fully saturated rings. The summed E-state index contributed by atoms with van der Waals surface area (Å²) in [6, 6.07) is 0. The molecular formula is C12H19NO2. The van der Waals surface area contributed by atoms with E-state index in [2.05, 4.69) is 26.1 Å². The number of carbonyl (C=O) groups excluding carboxylic acids is 1. The van der Waals surface area contributed by atoms with Crippen LogP contribution < -0.4 is 5.32 Å². The molecule has 2 saturated heterocycles. The first-order chi connectivity index (χ1) is 7.00. The molecule has 15 heavy (non-hydrogen) atoms. The van der Waals surface area contributed by atoms with Crippen molar-refractivity contribution in [1.82, 2.24) is 5.32 Å². The second-order valence-electron chi connectivity index (χ2n) is 5.80. The minimum atomic E-state index is 0.0771. The first-order valence-electron chi connectivity index (χ1n) is 5.95. The summed E-state index contributed by atoms with van der Waals surface area (Å²) >= 11 is 0. The summed E-state index contributed by atoms with van der Waals surface area (Å²) in [6.07, 6.45) is 1.83. The zero-order chi connectivity index (χ0) is 10.8. The number of nitrogens with one attached hydrogen (secondary N) is 1. The third-order valence-electron chi connectivity index (χ3n) is 5.26. The highest BCUT2D eigenvalue weighted by Crippen LogP contribution is 2.56. The number of β-lactam (4-membered cyclic amide) rings is 1. The quantitative estimate of drug-likeness (QED) is 0.483. The molecule has 2 aliphatic heterocycles. The third-order valence-corrected chi connectivity index (χ3v) is 5.26. The zero-order valence-corrected chi connectivity index (χ0v) is 9.67. The Balaban J connectivity index is 1.88. The van der Waals surface area contributed by atoms with Crippen LogP contribution in [0.25, 0.3) is 0 Å². The fraction of sp³-hybridized carbons (Fsp3) is 0.917. The Morgan fingerprint density at radius 1 is 1.33 bits per heavy atom. The molecule has 1 N–H and O–H groups in total. The average molecular weight is 209 g/mol. The molecule has 1 saturated carbocycles. The maximum absolute atomic E-state index is 11.2. The molecule has 0 aromatic carbocycles. The second kappa shape index (κ2) is 2.57. The van der Waals surface area contributed by atoms with Gasteiger partial charge in [-0.15, -0.1) is 0 Å². The SMILES string of the molecule is CC1C[C@]2(CO2)[C@@H](C)[C@@H](C)C12CC(=O)N2. The summed E-state index contributed by atoms with van der Waals surface area (Å²) in [7, 11) is 0. The van der Waals surface area contributed by atoms with E-state index in [1.165, 1.54) is 0 Å². The topological polar surface area (TPSA) is 41.6 Å². The van der Waals surface area contributed by atoms with Crippen molar-refractivity contribution in [2.75, 3.05) is 6.61 Å². The van der Waals surface area contributed by atoms with Crippen LogP contribution in [0.4, 0.5) is 0 Å². The van der Waals surface area contributed by atoms with E-state index in [0.29, 0.717) is 17.8 Å². The average Bonchev–Trinajstić information content (AvgIpc) is 2.89. The number of hydrogen-bond donors (Lipinski definition) is 1. The molecule has 3 rings (SSSR count). The largest absolute Gasteiger partial charge is 0.369 e. The third kappa shape index (κ3) is 1.02. The summed E-state index contributed by atoms with van der Waals surface area (Å²) in [5.41, 5.74) is 0.234. The highest BCUT2D eigenvalue weighted by Gasteiger charge is 2.65. The summed E-state index contributed by atoms with van der Waals surface area (Å²) in [5, 5.41) is 3.16. The van der Waals surface area contributed by atoms with Crippen LogP contribution in [0.3, 0.4) is 0 Å². The first kappa shape index (κ1) is 9.64. The Morgan fingerprint density at radius 3 is 2.40 bits per heavy atom. The van der Waals surface area contributed by atoms with Gasteiger partial charge in [-0.3, -0.25) is 4.79 Å². The van der Waals surface area contributed by atoms with E-state index in [1.54, 1.807) is 0 Å². The molecule has 3 heteroatoms. The van der Waals surface area contributed by atoms with E-state index in [1.807, 2.05) is 0 Å². The molecule has 2 heterocycles. The number of amides is 1. The fourth-order valence-electron chi connectivity index (χ4n) is 3.79. The van der Waals surface area contributed by atoms with Crippen LogP contribution in [0, 0.1) is 17.8 Å². The lowest BCUT2D eigenvalue weighted by Crippen LogP contribution is -2.72. The molecule has 0 aromatic rings. The van der Waals surface area contributed by atoms with Gasteiger partial charge in [0, 0.05) is 0 Å². The molecule has 2 spiro atoms. The molecule has 3 aliphatic rings. The number of carbonyl (C=O) groups is 1. The van der Waals surface area contributed by atoms with Crippen LogP contribution in [-0.4, -0.2) is 23.7 Å². The summed E-state index contributed by atoms with van der Waals surface area (Å²) in [4.78, 5) is 11.2. The van der Waals surface area contributed by atoms with Gasteiger partial charge >= 0.3 is 0 Å². The van der Waals surface area contributed by atoms with E-state index < -0.39 is 0 Å². The van der Waals surface area contributed by atoms with E-state index >= 15 is 0 Å². The Hall–Kier alpha value is -0.570. The molecule has 0 aromatic heterocycles. The highest BCUT2D eigenvalue weighted by molar-refractivity contribution is 5.85. The predicted molar refractivity (Wildman–Crippen MR) is 56.3 cm³/mol. The highest BCUT2D eigenvalue weighted by atomic mass is 16.6. The molecule has 0 bridgehead atoms. The molecule has 3 nitrogen and oxygen atoms in total. The van der Waals surface area contributed by atoms with Gasteiger partial charge in [0.2, 0.25) is 5.91 Å². The zero-order valence-electron chi connectivity index (χ0n) is 9.67. The normalized spacial score (nSPS) is 57.8. The van der Waals surface area contributed by atoms with Crippen molar-refractivity contribution in [3.8, 4) is 0 Å². The van der Waals surface area contributed by atoms with Crippen LogP contribution in [0.1, 0.15) is 33.6 Å². The summed E-state index contributed by atoms with van der Waals surface area (Å²) in [5.74, 6) is 1.85. The smallest absolute Gasteiger partial charge is 0.222 e. The van der Waals surface area contributed by atoms with Gasteiger partial charge in [-0.05, 0) is 24.2 Å². The lowest BCUT2D eigenvalue weighted by atomic mass is 9.55. The number of epoxide rings is 1. The van der Waals surface area contributed by atoms with Crippen LogP contribution >= 0.6 is 0 Å². The van der Waals surface area contributed by atoms with Crippen molar-refractivity contribution in [3.63, 3.8) is 0 Å². The van der Waals surface area contributed by atoms with Crippen LogP contribution in [0.15, 0.2) is 0 Å². The van der Waals surface area contributed by atoms with Gasteiger partial charge in [0.25, 0.3) is 0 Å². The summed E-state index contributed by atoms with van der Waals surface area (Å²) in [6.45, 7) is 7.72. The predicted octanol–water partition coefficient (Wildman–Crippen LogP) is 1.33. The maximum Gasteiger partial charge on any atom is 0.222 e. The van der Waals surface area contributed by atoms with E-state index in [9.17, 15) is 4.79 Å². The van der Waals surface area contributed by atoms with Gasteiger partial charge in [-0.1, -0.05) is 20.8 Å². The number of ether oxygens (including phenoxy) is 1. The van der Waals surface area contributed by atoms with E-state index in [0.717, 1.165) is 19.4 Å². The molecular weight excluding hydrogens is 190 g/mol. The standard InChI is InChI=1S/C12H19NO2/c1-7-4-11(6-15-11)8(2)9(3)12(7)5-10(14)13-12/h7-9H,4-6H2,1-3H3,(H,13,14)/t7?,8-,9+,11-,12?/m0/s1. The number of hydrogen-bond acceptors (Lipinski definition) is 2. The Morgan fingerprint density at radius 2 is 1.93 bits per heavy atom. The van der Waals surface area contributed by atoms with Gasteiger partial charge in [0.1, 0.15) is 0 Å². The van der Waals surface area contributed by atoms with Crippen molar-refractivity contribution in [2.45, 2.75) is 44.8 Å². The Labute approximate surface area is 90.6 Å². The molecule has 0 radical (unpaired) electrons. The minimum Gasteiger partial charge on any atom is -0.369 e. The fourth-order valence-corrected chi connectivity index (χ4v) is 3.79. The van der Waals surface area contributed by atoms with Gasteiger partial charge in [-0.2, -0.15) is 0 Å². The van der Waals surface area contributed by atoms with Crippen molar-refractivity contribution in [2.24, 2.45) is 17.8 Å². The lowest BCUT2D eigenvalue weighted by Gasteiger charge is -2.57. The van der Waals surface area contributed by atoms with Crippen LogP contribution in [0.2, 0.25) is 0 Å². The first-order valence-corrected chi connectivity index (χ1v) is 5.95. The molecule has 84 valence electrons. The van der Waals surface area contributed by atoms with Gasteiger partial charge in [0.05, 0.1) is 24.2 Å². The minimum absolute atomic E-state index is 0.0771. The van der Waals surface area contributed by atoms with E-state index in [4.69, 9.17) is 4.74 Å². The van der Waals surface area contributed by atoms with Crippen molar-refractivity contribution >= 4 is 5.91 Å². The second-order valence-corrected chi connectivity index (χ2v) is 5.80. The van der Waals surface area contributed by atoms with Crippen molar-refractivity contribution in [1.29, 1.82) is 0 Å². The van der Waals surface area contributed by atoms with Crippen LogP contribution in [0.5, 0.6) is 0 Å². The number of rotatable bonds is 0. The lowest BCUT2D eigenvalue weighted by molar-refractivity contribution is -0.144. The van der Waals surface area contributed by atoms with Gasteiger partial charge in [-0.25, -0.2) is 0 Å². The molecule has 2 unspecified atom stereocenters. The van der Waals surface area contributed by atoms with Crippen LogP contribution in [-0.2, 0) is 9.53 Å². The Kier molecular flexibility index (Phi) is 1.65. The maximum atomic E-state index is 11.2.